The Kier molecular flexibility index (Phi) is 4.70. The van der Waals surface area contributed by atoms with E-state index in [2.05, 4.69) is 20.6 Å². The Morgan fingerprint density at radius 2 is 1.78 bits per heavy atom. The molecule has 0 aliphatic carbocycles. The van der Waals surface area contributed by atoms with Crippen LogP contribution in [0.2, 0.25) is 0 Å². The van der Waals surface area contributed by atoms with Gasteiger partial charge in [-0.1, -0.05) is 0 Å². The van der Waals surface area contributed by atoms with E-state index in [-0.39, 0.29) is 0 Å². The third kappa shape index (κ3) is 3.88. The molecule has 0 amide bonds. The van der Waals surface area contributed by atoms with Crippen molar-refractivity contribution in [2.75, 3.05) is 18.4 Å². The average Bonchev–Trinajstić information content (AvgIpc) is 2.68. The van der Waals surface area contributed by atoms with Crippen molar-refractivity contribution in [2.24, 2.45) is 0 Å². The number of aromatic nitrogens is 2. The molecule has 0 radical (unpaired) electrons. The molecule has 0 unspecified atom stereocenters. The third-order valence-corrected chi connectivity index (χ3v) is 4.85. The first-order chi connectivity index (χ1) is 13.0. The molecule has 7 heteroatoms. The van der Waals surface area contributed by atoms with Crippen LogP contribution in [-0.2, 0) is 6.18 Å². The van der Waals surface area contributed by atoms with Crippen molar-refractivity contribution >= 4 is 16.5 Å². The summed E-state index contributed by atoms with van der Waals surface area (Å²) in [4.78, 5) is 7.99. The van der Waals surface area contributed by atoms with Gasteiger partial charge in [0, 0.05) is 47.5 Å². The van der Waals surface area contributed by atoms with Crippen LogP contribution in [-0.4, -0.2) is 29.1 Å². The molecule has 1 aromatic carbocycles. The number of nitrogens with zero attached hydrogens (tertiary/aromatic N) is 2. The van der Waals surface area contributed by atoms with Crippen molar-refractivity contribution in [3.8, 4) is 11.1 Å². The molecule has 2 N–H and O–H groups in total. The second-order valence-electron chi connectivity index (χ2n) is 6.75. The number of benzene rings is 1. The van der Waals surface area contributed by atoms with Gasteiger partial charge in [0.05, 0.1) is 5.56 Å². The highest BCUT2D eigenvalue weighted by Gasteiger charge is 2.31. The molecule has 0 saturated carbocycles. The van der Waals surface area contributed by atoms with Gasteiger partial charge in [0.1, 0.15) is 0 Å². The summed E-state index contributed by atoms with van der Waals surface area (Å²) in [5, 5.41) is 8.77. The maximum absolute atomic E-state index is 13.1. The molecule has 140 valence electrons. The Hall–Kier alpha value is -2.67. The molecule has 2 aromatic heterocycles. The Morgan fingerprint density at radius 3 is 2.56 bits per heavy atom. The fourth-order valence-electron chi connectivity index (χ4n) is 3.42. The molecular weight excluding hydrogens is 353 g/mol. The molecule has 1 fully saturated rings. The van der Waals surface area contributed by atoms with E-state index in [4.69, 9.17) is 0 Å². The standard InChI is InChI=1S/C20H19F3N4/c21-20(22,23)16-8-15(10-26-11-16)14-7-13-1-4-25-12-18(13)19(9-14)27-17-2-5-24-6-3-17/h1,4,7-12,17,24,27H,2-3,5-6H2. The Labute approximate surface area is 154 Å². The fourth-order valence-corrected chi connectivity index (χ4v) is 3.42. The van der Waals surface area contributed by atoms with E-state index in [9.17, 15) is 13.2 Å². The summed E-state index contributed by atoms with van der Waals surface area (Å²) in [6, 6.07) is 7.10. The van der Waals surface area contributed by atoms with Gasteiger partial charge in [-0.25, -0.2) is 0 Å². The number of piperidine rings is 1. The molecule has 0 spiro atoms. The topological polar surface area (TPSA) is 49.8 Å². The highest BCUT2D eigenvalue weighted by molar-refractivity contribution is 5.97. The highest BCUT2D eigenvalue weighted by atomic mass is 19.4. The molecule has 0 atom stereocenters. The molecule has 4 rings (SSSR count). The van der Waals surface area contributed by atoms with Crippen LogP contribution in [0.5, 0.6) is 0 Å². The molecule has 3 aromatic rings. The van der Waals surface area contributed by atoms with Gasteiger partial charge in [0.2, 0.25) is 0 Å². The molecule has 1 aliphatic rings. The van der Waals surface area contributed by atoms with Crippen molar-refractivity contribution in [1.29, 1.82) is 0 Å². The lowest BCUT2D eigenvalue weighted by Gasteiger charge is -2.25. The summed E-state index contributed by atoms with van der Waals surface area (Å²) in [6.07, 6.45) is 3.36. The summed E-state index contributed by atoms with van der Waals surface area (Å²) >= 11 is 0. The zero-order valence-electron chi connectivity index (χ0n) is 14.6. The minimum absolute atomic E-state index is 0.324. The van der Waals surface area contributed by atoms with Crippen molar-refractivity contribution < 1.29 is 13.2 Å². The highest BCUT2D eigenvalue weighted by Crippen LogP contribution is 2.34. The lowest BCUT2D eigenvalue weighted by atomic mass is 9.99. The molecule has 3 heterocycles. The number of alkyl halides is 3. The summed E-state index contributed by atoms with van der Waals surface area (Å²) in [6.45, 7) is 1.90. The van der Waals surface area contributed by atoms with E-state index in [1.807, 2.05) is 18.2 Å². The zero-order valence-corrected chi connectivity index (χ0v) is 14.6. The van der Waals surface area contributed by atoms with E-state index in [1.54, 1.807) is 12.4 Å². The van der Waals surface area contributed by atoms with Gasteiger partial charge in [0.25, 0.3) is 0 Å². The normalized spacial score (nSPS) is 15.8. The van der Waals surface area contributed by atoms with E-state index in [0.717, 1.165) is 54.7 Å². The number of pyridine rings is 2. The van der Waals surface area contributed by atoms with Crippen molar-refractivity contribution in [3.63, 3.8) is 0 Å². The molecule has 4 nitrogen and oxygen atoms in total. The summed E-state index contributed by atoms with van der Waals surface area (Å²) in [5.74, 6) is 0. The first-order valence-electron chi connectivity index (χ1n) is 8.88. The van der Waals surface area contributed by atoms with Gasteiger partial charge in [-0.3, -0.25) is 9.97 Å². The fraction of sp³-hybridized carbons (Fsp3) is 0.300. The number of fused-ring (bicyclic) bond motifs is 1. The molecule has 0 bridgehead atoms. The zero-order chi connectivity index (χ0) is 18.9. The number of rotatable bonds is 3. The van der Waals surface area contributed by atoms with Gasteiger partial charge >= 0.3 is 6.18 Å². The average molecular weight is 372 g/mol. The van der Waals surface area contributed by atoms with Crippen LogP contribution < -0.4 is 10.6 Å². The minimum Gasteiger partial charge on any atom is -0.382 e. The Bertz CT molecular complexity index is 949. The first-order valence-corrected chi connectivity index (χ1v) is 8.88. The maximum Gasteiger partial charge on any atom is 0.417 e. The number of anilines is 1. The number of hydrogen-bond acceptors (Lipinski definition) is 4. The number of hydrogen-bond donors (Lipinski definition) is 2. The first kappa shape index (κ1) is 17.7. The molecule has 1 aliphatic heterocycles. The van der Waals surface area contributed by atoms with Crippen LogP contribution in [0, 0.1) is 0 Å². The third-order valence-electron chi connectivity index (χ3n) is 4.85. The maximum atomic E-state index is 13.1. The van der Waals surface area contributed by atoms with E-state index in [1.165, 1.54) is 6.20 Å². The smallest absolute Gasteiger partial charge is 0.382 e. The SMILES string of the molecule is FC(F)(F)c1cncc(-c2cc(NC3CCNCC3)c3cnccc3c2)c1. The predicted octanol–water partition coefficient (Wildman–Crippen LogP) is 4.48. The van der Waals surface area contributed by atoms with E-state index in [0.29, 0.717) is 17.2 Å². The summed E-state index contributed by atoms with van der Waals surface area (Å²) < 4.78 is 39.2. The van der Waals surface area contributed by atoms with Gasteiger partial charge in [-0.05, 0) is 61.1 Å². The van der Waals surface area contributed by atoms with Crippen molar-refractivity contribution in [1.82, 2.24) is 15.3 Å². The lowest BCUT2D eigenvalue weighted by Crippen LogP contribution is -2.35. The van der Waals surface area contributed by atoms with E-state index >= 15 is 0 Å². The second kappa shape index (κ2) is 7.15. The monoisotopic (exact) mass is 372 g/mol. The quantitative estimate of drug-likeness (QED) is 0.712. The van der Waals surface area contributed by atoms with E-state index < -0.39 is 11.7 Å². The van der Waals surface area contributed by atoms with Crippen molar-refractivity contribution in [3.05, 3.63) is 54.6 Å². The summed E-state index contributed by atoms with van der Waals surface area (Å²) in [5.41, 5.74) is 1.28. The lowest BCUT2D eigenvalue weighted by molar-refractivity contribution is -0.137. The van der Waals surface area contributed by atoms with Crippen LogP contribution >= 0.6 is 0 Å². The van der Waals surface area contributed by atoms with Crippen LogP contribution in [0.1, 0.15) is 18.4 Å². The summed E-state index contributed by atoms with van der Waals surface area (Å²) in [7, 11) is 0. The van der Waals surface area contributed by atoms with Gasteiger partial charge < -0.3 is 10.6 Å². The molecular formula is C20H19F3N4. The van der Waals surface area contributed by atoms with Gasteiger partial charge in [0.15, 0.2) is 0 Å². The Balaban J connectivity index is 1.77. The van der Waals surface area contributed by atoms with Crippen LogP contribution in [0.15, 0.2) is 49.1 Å². The van der Waals surface area contributed by atoms with Crippen LogP contribution in [0.3, 0.4) is 0 Å². The largest absolute Gasteiger partial charge is 0.417 e. The second-order valence-corrected chi connectivity index (χ2v) is 6.75. The minimum atomic E-state index is -4.42. The van der Waals surface area contributed by atoms with Crippen LogP contribution in [0.25, 0.3) is 21.9 Å². The Morgan fingerprint density at radius 1 is 0.963 bits per heavy atom. The van der Waals surface area contributed by atoms with Gasteiger partial charge in [-0.2, -0.15) is 13.2 Å². The number of nitrogens with one attached hydrogen (secondary N) is 2. The predicted molar refractivity (Wildman–Crippen MR) is 99.5 cm³/mol. The van der Waals surface area contributed by atoms with Crippen LogP contribution in [0.4, 0.5) is 18.9 Å². The van der Waals surface area contributed by atoms with Crippen molar-refractivity contribution in [2.45, 2.75) is 25.1 Å². The van der Waals surface area contributed by atoms with Gasteiger partial charge in [-0.15, -0.1) is 0 Å². The molecule has 1 saturated heterocycles. The molecule has 27 heavy (non-hydrogen) atoms. The number of halogens is 3.